The van der Waals surface area contributed by atoms with Gasteiger partial charge < -0.3 is 4.74 Å². The fourth-order valence-corrected chi connectivity index (χ4v) is 4.87. The number of rotatable bonds is 5. The van der Waals surface area contributed by atoms with Crippen LogP contribution in [0.3, 0.4) is 0 Å². The molecule has 2 rings (SSSR count). The fourth-order valence-electron chi connectivity index (χ4n) is 2.70. The number of nitrogens with one attached hydrogen (secondary N) is 1. The summed E-state index contributed by atoms with van der Waals surface area (Å²) in [4.78, 5) is 0.206. The van der Waals surface area contributed by atoms with Crippen LogP contribution in [0.2, 0.25) is 0 Å². The van der Waals surface area contributed by atoms with Crippen molar-refractivity contribution in [1.82, 2.24) is 9.03 Å². The highest BCUT2D eigenvalue weighted by atomic mass is 32.2. The summed E-state index contributed by atoms with van der Waals surface area (Å²) in [6, 6.07) is 5.72. The van der Waals surface area contributed by atoms with E-state index in [2.05, 4.69) is 4.72 Å². The Morgan fingerprint density at radius 2 is 1.58 bits per heavy atom. The van der Waals surface area contributed by atoms with Crippen molar-refractivity contribution in [2.24, 2.45) is 0 Å². The minimum absolute atomic E-state index is 0.158. The van der Waals surface area contributed by atoms with Crippen LogP contribution in [-0.4, -0.2) is 52.7 Å². The van der Waals surface area contributed by atoms with E-state index in [1.54, 1.807) is 19.1 Å². The molecule has 9 heteroatoms. The van der Waals surface area contributed by atoms with Crippen molar-refractivity contribution in [3.63, 3.8) is 0 Å². The predicted octanol–water partition coefficient (Wildman–Crippen LogP) is 1.09. The maximum Gasteiger partial charge on any atom is 0.280 e. The van der Waals surface area contributed by atoms with Gasteiger partial charge in [-0.3, -0.25) is 0 Å². The van der Waals surface area contributed by atoms with Gasteiger partial charge in [0.2, 0.25) is 0 Å². The Bertz CT molecular complexity index is 765. The van der Waals surface area contributed by atoms with Gasteiger partial charge >= 0.3 is 0 Å². The second-order valence-corrected chi connectivity index (χ2v) is 9.98. The highest BCUT2D eigenvalue weighted by molar-refractivity contribution is 7.90. The van der Waals surface area contributed by atoms with Crippen molar-refractivity contribution >= 4 is 20.0 Å². The summed E-state index contributed by atoms with van der Waals surface area (Å²) in [6.07, 6.45) is 0.818. The molecule has 1 heterocycles. The van der Waals surface area contributed by atoms with Crippen LogP contribution in [0.15, 0.2) is 29.2 Å². The average Bonchev–Trinajstić information content (AvgIpc) is 2.45. The van der Waals surface area contributed by atoms with E-state index in [1.807, 2.05) is 13.8 Å². The Morgan fingerprint density at radius 3 is 2.04 bits per heavy atom. The zero-order valence-corrected chi connectivity index (χ0v) is 15.9. The zero-order chi connectivity index (χ0) is 18.1. The second kappa shape index (κ2) is 7.09. The molecule has 1 aliphatic heterocycles. The lowest BCUT2D eigenvalue weighted by atomic mass is 10.1. The monoisotopic (exact) mass is 376 g/mol. The SMILES string of the molecule is C[C@@H]1CN(S(=O)(=O)N[C@H](C)c2ccc(S(C)(=O)=O)cc2)C[C@@H](C)O1. The van der Waals surface area contributed by atoms with Gasteiger partial charge in [-0.1, -0.05) is 12.1 Å². The van der Waals surface area contributed by atoms with Crippen molar-refractivity contribution in [3.8, 4) is 0 Å². The van der Waals surface area contributed by atoms with Gasteiger partial charge in [-0.05, 0) is 38.5 Å². The fraction of sp³-hybridized carbons (Fsp3) is 0.600. The molecule has 0 aromatic heterocycles. The number of hydrogen-bond acceptors (Lipinski definition) is 5. The Kier molecular flexibility index (Phi) is 5.71. The van der Waals surface area contributed by atoms with Crippen LogP contribution in [0.1, 0.15) is 32.4 Å². The normalized spacial score (nSPS) is 24.7. The maximum absolute atomic E-state index is 12.6. The van der Waals surface area contributed by atoms with Crippen molar-refractivity contribution < 1.29 is 21.6 Å². The number of sulfone groups is 1. The third-order valence-corrected chi connectivity index (χ3v) is 6.62. The molecule has 0 saturated carbocycles. The van der Waals surface area contributed by atoms with Crippen LogP contribution in [0.5, 0.6) is 0 Å². The molecule has 0 radical (unpaired) electrons. The molecule has 1 saturated heterocycles. The maximum atomic E-state index is 12.6. The van der Waals surface area contributed by atoms with Crippen LogP contribution < -0.4 is 4.72 Å². The van der Waals surface area contributed by atoms with E-state index in [0.717, 1.165) is 6.26 Å². The van der Waals surface area contributed by atoms with Crippen molar-refractivity contribution in [1.29, 1.82) is 0 Å². The van der Waals surface area contributed by atoms with E-state index in [1.165, 1.54) is 16.4 Å². The molecule has 0 unspecified atom stereocenters. The number of nitrogens with zero attached hydrogens (tertiary/aromatic N) is 1. The molecule has 1 aromatic carbocycles. The van der Waals surface area contributed by atoms with Gasteiger partial charge in [0.25, 0.3) is 10.2 Å². The summed E-state index contributed by atoms with van der Waals surface area (Å²) in [5, 5.41) is 0. The Labute approximate surface area is 144 Å². The van der Waals surface area contributed by atoms with Crippen LogP contribution in [0.25, 0.3) is 0 Å². The molecule has 24 heavy (non-hydrogen) atoms. The number of hydrogen-bond donors (Lipinski definition) is 1. The third kappa shape index (κ3) is 4.76. The quantitative estimate of drug-likeness (QED) is 0.830. The summed E-state index contributed by atoms with van der Waals surface area (Å²) in [5.41, 5.74) is 0.695. The smallest absolute Gasteiger partial charge is 0.280 e. The first-order chi connectivity index (χ1) is 11.0. The van der Waals surface area contributed by atoms with Crippen LogP contribution >= 0.6 is 0 Å². The molecule has 1 fully saturated rings. The minimum Gasteiger partial charge on any atom is -0.373 e. The standard InChI is InChI=1S/C15H24N2O5S2/c1-11-9-17(10-12(2)22-11)24(20,21)16-13(3)14-5-7-15(8-6-14)23(4,18)19/h5-8,11-13,16H,9-10H2,1-4H3/t11-,12-,13-/m1/s1. The van der Waals surface area contributed by atoms with Gasteiger partial charge in [0.05, 0.1) is 17.1 Å². The van der Waals surface area contributed by atoms with Gasteiger partial charge in [-0.2, -0.15) is 17.4 Å². The first-order valence-electron chi connectivity index (χ1n) is 7.72. The van der Waals surface area contributed by atoms with E-state index in [-0.39, 0.29) is 17.1 Å². The summed E-state index contributed by atoms with van der Waals surface area (Å²) in [7, 11) is -6.92. The second-order valence-electron chi connectivity index (χ2n) is 6.26. The number of benzene rings is 1. The predicted molar refractivity (Wildman–Crippen MR) is 91.6 cm³/mol. The van der Waals surface area contributed by atoms with Crippen LogP contribution in [-0.2, 0) is 24.8 Å². The summed E-state index contributed by atoms with van der Waals surface area (Å²) in [5.74, 6) is 0. The third-order valence-electron chi connectivity index (χ3n) is 3.86. The average molecular weight is 377 g/mol. The van der Waals surface area contributed by atoms with E-state index >= 15 is 0 Å². The lowest BCUT2D eigenvalue weighted by molar-refractivity contribution is -0.0444. The largest absolute Gasteiger partial charge is 0.373 e. The molecule has 1 N–H and O–H groups in total. The van der Waals surface area contributed by atoms with Crippen molar-refractivity contribution in [3.05, 3.63) is 29.8 Å². The Hall–Kier alpha value is -1.00. The topological polar surface area (TPSA) is 92.8 Å². The molecule has 136 valence electrons. The van der Waals surface area contributed by atoms with Gasteiger partial charge in [0.15, 0.2) is 9.84 Å². The van der Waals surface area contributed by atoms with Crippen molar-refractivity contribution in [2.45, 2.75) is 43.9 Å². The molecule has 7 nitrogen and oxygen atoms in total. The van der Waals surface area contributed by atoms with Crippen LogP contribution in [0.4, 0.5) is 0 Å². The van der Waals surface area contributed by atoms with E-state index in [0.29, 0.717) is 18.7 Å². The molecule has 0 bridgehead atoms. The lowest BCUT2D eigenvalue weighted by Gasteiger charge is -2.35. The lowest BCUT2D eigenvalue weighted by Crippen LogP contribution is -2.52. The van der Waals surface area contributed by atoms with E-state index in [9.17, 15) is 16.8 Å². The molecule has 1 aromatic rings. The first kappa shape index (κ1) is 19.3. The van der Waals surface area contributed by atoms with Crippen LogP contribution in [0, 0.1) is 0 Å². The Balaban J connectivity index is 2.11. The van der Waals surface area contributed by atoms with Gasteiger partial charge in [0.1, 0.15) is 0 Å². The van der Waals surface area contributed by atoms with Gasteiger partial charge in [-0.15, -0.1) is 0 Å². The molecule has 0 spiro atoms. The highest BCUT2D eigenvalue weighted by Crippen LogP contribution is 2.19. The number of morpholine rings is 1. The summed E-state index contributed by atoms with van der Waals surface area (Å²) >= 11 is 0. The molecule has 0 amide bonds. The van der Waals surface area contributed by atoms with Crippen molar-refractivity contribution in [2.75, 3.05) is 19.3 Å². The molecule has 0 aliphatic carbocycles. The zero-order valence-electron chi connectivity index (χ0n) is 14.3. The first-order valence-corrected chi connectivity index (χ1v) is 11.0. The molecule has 1 aliphatic rings. The molecular weight excluding hydrogens is 352 g/mol. The Morgan fingerprint density at radius 1 is 1.08 bits per heavy atom. The van der Waals surface area contributed by atoms with Gasteiger partial charge in [-0.25, -0.2) is 8.42 Å². The van der Waals surface area contributed by atoms with E-state index in [4.69, 9.17) is 4.74 Å². The van der Waals surface area contributed by atoms with Gasteiger partial charge in [0, 0.05) is 25.4 Å². The minimum atomic E-state index is -3.65. The van der Waals surface area contributed by atoms with E-state index < -0.39 is 26.1 Å². The summed E-state index contributed by atoms with van der Waals surface area (Å²) in [6.45, 7) is 6.01. The number of ether oxygens (including phenoxy) is 1. The summed E-state index contributed by atoms with van der Waals surface area (Å²) < 4.78 is 57.6. The molecule has 3 atom stereocenters. The molecular formula is C15H24N2O5S2. The highest BCUT2D eigenvalue weighted by Gasteiger charge is 2.31.